The van der Waals surface area contributed by atoms with Crippen molar-refractivity contribution in [3.05, 3.63) is 27.9 Å². The number of anilines is 1. The summed E-state index contributed by atoms with van der Waals surface area (Å²) in [7, 11) is 0. The van der Waals surface area contributed by atoms with Crippen molar-refractivity contribution in [2.75, 3.05) is 5.73 Å². The molecule has 3 rings (SSSR count). The number of nitrogens with two attached hydrogens (primary N) is 1. The van der Waals surface area contributed by atoms with E-state index in [1.165, 1.54) is 0 Å². The number of hydrogen-bond donors (Lipinski definition) is 1. The molecule has 18 heavy (non-hydrogen) atoms. The molecule has 1 aliphatic heterocycles. The van der Waals surface area contributed by atoms with Crippen LogP contribution in [0, 0.1) is 6.92 Å². The first kappa shape index (κ1) is 11.7. The van der Waals surface area contributed by atoms with Crippen LogP contribution < -0.4 is 5.73 Å². The lowest BCUT2D eigenvalue weighted by Gasteiger charge is -2.08. The van der Waals surface area contributed by atoms with E-state index in [1.54, 1.807) is 16.9 Å². The Kier molecular flexibility index (Phi) is 2.65. The summed E-state index contributed by atoms with van der Waals surface area (Å²) < 4.78 is 9.96. The lowest BCUT2D eigenvalue weighted by atomic mass is 10.2. The van der Waals surface area contributed by atoms with E-state index in [2.05, 4.69) is 13.8 Å². The molecule has 2 heterocycles. The van der Waals surface area contributed by atoms with Crippen LogP contribution in [0.5, 0.6) is 0 Å². The van der Waals surface area contributed by atoms with Crippen molar-refractivity contribution in [3.8, 4) is 5.69 Å². The molecule has 92 valence electrons. The quantitative estimate of drug-likeness (QED) is 0.742. The lowest BCUT2D eigenvalue weighted by Crippen LogP contribution is -1.98. The number of fused-ring (bicyclic) bond motifs is 1. The predicted molar refractivity (Wildman–Crippen MR) is 74.3 cm³/mol. The van der Waals surface area contributed by atoms with Gasteiger partial charge in [-0.25, -0.2) is 4.68 Å². The molecule has 0 radical (unpaired) electrons. The topological polar surface area (TPSA) is 68.6 Å². The van der Waals surface area contributed by atoms with E-state index in [0.29, 0.717) is 32.9 Å². The minimum atomic E-state index is 0.456. The minimum Gasteiger partial charge on any atom is -0.382 e. The Morgan fingerprint density at radius 2 is 1.94 bits per heavy atom. The summed E-state index contributed by atoms with van der Waals surface area (Å²) in [6.45, 7) is 1.87. The normalized spacial score (nSPS) is 12.6. The van der Waals surface area contributed by atoms with Crippen molar-refractivity contribution in [2.24, 2.45) is 8.73 Å². The zero-order valence-corrected chi connectivity index (χ0v) is 11.5. The molecule has 0 saturated heterocycles. The molecule has 1 aromatic heterocycles. The maximum atomic E-state index is 6.21. The first-order chi connectivity index (χ1) is 8.58. The van der Waals surface area contributed by atoms with E-state index in [1.807, 2.05) is 6.92 Å². The van der Waals surface area contributed by atoms with Crippen LogP contribution >= 0.6 is 23.2 Å². The van der Waals surface area contributed by atoms with Crippen LogP contribution in [-0.2, 0) is 11.4 Å². The third-order valence-electron chi connectivity index (χ3n) is 2.58. The van der Waals surface area contributed by atoms with Gasteiger partial charge in [-0.3, -0.25) is 0 Å². The maximum Gasteiger partial charge on any atom is 0.148 e. The first-order valence-electron chi connectivity index (χ1n) is 5.00. The molecule has 0 spiro atoms. The molecule has 0 aliphatic carbocycles. The SMILES string of the molecule is Cc1cn(-c2c(Cl)cc(Cl)c3c2N=S=N3)nc1N. The molecule has 0 saturated carbocycles. The molecule has 1 aliphatic rings. The Bertz CT molecular complexity index is 711. The van der Waals surface area contributed by atoms with Gasteiger partial charge in [-0.1, -0.05) is 23.2 Å². The zero-order chi connectivity index (χ0) is 12.9. The summed E-state index contributed by atoms with van der Waals surface area (Å²) in [6, 6.07) is 1.63. The van der Waals surface area contributed by atoms with Crippen molar-refractivity contribution in [1.82, 2.24) is 9.78 Å². The van der Waals surface area contributed by atoms with Crippen LogP contribution in [0.2, 0.25) is 10.0 Å². The number of rotatable bonds is 1. The number of benzene rings is 1. The zero-order valence-electron chi connectivity index (χ0n) is 9.19. The van der Waals surface area contributed by atoms with Crippen molar-refractivity contribution in [2.45, 2.75) is 6.92 Å². The highest BCUT2D eigenvalue weighted by Crippen LogP contribution is 2.46. The molecule has 1 aromatic carbocycles. The summed E-state index contributed by atoms with van der Waals surface area (Å²) in [5.74, 6) is 0.456. The van der Waals surface area contributed by atoms with Gasteiger partial charge in [0.2, 0.25) is 0 Å². The molecular weight excluding hydrogens is 293 g/mol. The summed E-state index contributed by atoms with van der Waals surface area (Å²) in [5, 5.41) is 5.14. The van der Waals surface area contributed by atoms with Gasteiger partial charge >= 0.3 is 0 Å². The molecule has 0 amide bonds. The second kappa shape index (κ2) is 4.08. The largest absolute Gasteiger partial charge is 0.382 e. The van der Waals surface area contributed by atoms with Crippen molar-refractivity contribution in [1.29, 1.82) is 0 Å². The molecule has 2 aromatic rings. The van der Waals surface area contributed by atoms with Crippen molar-refractivity contribution in [3.63, 3.8) is 0 Å². The fourth-order valence-corrected chi connectivity index (χ4v) is 2.86. The second-order valence-electron chi connectivity index (χ2n) is 3.79. The Labute approximate surface area is 116 Å². The van der Waals surface area contributed by atoms with E-state index in [9.17, 15) is 0 Å². The van der Waals surface area contributed by atoms with Crippen molar-refractivity contribution >= 4 is 51.7 Å². The number of aryl methyl sites for hydroxylation is 1. The lowest BCUT2D eigenvalue weighted by molar-refractivity contribution is 0.886. The smallest absolute Gasteiger partial charge is 0.148 e. The highest BCUT2D eigenvalue weighted by Gasteiger charge is 2.21. The average Bonchev–Trinajstić information content (AvgIpc) is 2.88. The second-order valence-corrected chi connectivity index (χ2v) is 5.14. The molecule has 0 fully saturated rings. The van der Waals surface area contributed by atoms with Gasteiger partial charge in [-0.15, -0.1) is 0 Å². The summed E-state index contributed by atoms with van der Waals surface area (Å²) in [5.41, 5.74) is 8.50. The summed E-state index contributed by atoms with van der Waals surface area (Å²) >= 11 is 13.4. The van der Waals surface area contributed by atoms with Crippen LogP contribution in [0.4, 0.5) is 17.2 Å². The number of nitrogen functional groups attached to an aromatic ring is 1. The van der Waals surface area contributed by atoms with E-state index in [4.69, 9.17) is 28.9 Å². The summed E-state index contributed by atoms with van der Waals surface area (Å²) in [4.78, 5) is 0. The van der Waals surface area contributed by atoms with E-state index >= 15 is 0 Å². The predicted octanol–water partition coefficient (Wildman–Crippen LogP) is 3.80. The number of halogens is 2. The standard InChI is InChI=1S/C10H7Cl2N5S/c1-4-3-17(14-10(4)13)9-6(12)2-5(11)7-8(9)16-18-15-7/h2-3H,1H3,(H2,13,14). The number of hydrogen-bond acceptors (Lipinski definition) is 4. The van der Waals surface area contributed by atoms with Gasteiger partial charge in [0.25, 0.3) is 0 Å². The van der Waals surface area contributed by atoms with Gasteiger partial charge in [-0.2, -0.15) is 13.8 Å². The number of nitrogens with zero attached hydrogens (tertiary/aromatic N) is 4. The third kappa shape index (κ3) is 1.65. The van der Waals surface area contributed by atoms with Gasteiger partial charge in [0.15, 0.2) is 0 Å². The Morgan fingerprint density at radius 1 is 1.22 bits per heavy atom. The first-order valence-corrected chi connectivity index (χ1v) is 6.49. The van der Waals surface area contributed by atoms with E-state index in [0.717, 1.165) is 16.9 Å². The fourth-order valence-electron chi connectivity index (χ4n) is 1.67. The molecule has 0 bridgehead atoms. The summed E-state index contributed by atoms with van der Waals surface area (Å²) in [6.07, 6.45) is 1.79. The van der Waals surface area contributed by atoms with Crippen LogP contribution in [0.15, 0.2) is 21.0 Å². The molecule has 0 unspecified atom stereocenters. The minimum absolute atomic E-state index is 0.456. The van der Waals surface area contributed by atoms with E-state index < -0.39 is 0 Å². The molecule has 2 N–H and O–H groups in total. The third-order valence-corrected chi connectivity index (χ3v) is 3.69. The highest BCUT2D eigenvalue weighted by molar-refractivity contribution is 7.58. The van der Waals surface area contributed by atoms with Gasteiger partial charge in [-0.05, 0) is 13.0 Å². The Balaban J connectivity index is 2.31. The van der Waals surface area contributed by atoms with Gasteiger partial charge in [0, 0.05) is 11.8 Å². The van der Waals surface area contributed by atoms with Gasteiger partial charge in [0.1, 0.15) is 22.9 Å². The maximum absolute atomic E-state index is 6.21. The van der Waals surface area contributed by atoms with Gasteiger partial charge in [0.05, 0.1) is 21.4 Å². The van der Waals surface area contributed by atoms with Gasteiger partial charge < -0.3 is 5.73 Å². The van der Waals surface area contributed by atoms with Crippen molar-refractivity contribution < 1.29 is 0 Å². The Morgan fingerprint density at radius 3 is 2.61 bits per heavy atom. The van der Waals surface area contributed by atoms with Crippen LogP contribution in [0.1, 0.15) is 5.56 Å². The molecule has 5 nitrogen and oxygen atoms in total. The molecular formula is C10H7Cl2N5S. The Hall–Kier alpha value is -1.37. The fraction of sp³-hybridized carbons (Fsp3) is 0.100. The monoisotopic (exact) mass is 299 g/mol. The van der Waals surface area contributed by atoms with Crippen LogP contribution in [0.25, 0.3) is 5.69 Å². The number of aromatic nitrogens is 2. The van der Waals surface area contributed by atoms with Crippen LogP contribution in [-0.4, -0.2) is 9.78 Å². The highest BCUT2D eigenvalue weighted by atomic mass is 35.5. The van der Waals surface area contributed by atoms with Crippen LogP contribution in [0.3, 0.4) is 0 Å². The average molecular weight is 300 g/mol. The molecule has 8 heteroatoms. The van der Waals surface area contributed by atoms with E-state index in [-0.39, 0.29) is 0 Å². The molecule has 0 atom stereocenters.